The van der Waals surface area contributed by atoms with E-state index < -0.39 is 5.97 Å². The number of carboxylic acids is 1. The summed E-state index contributed by atoms with van der Waals surface area (Å²) in [5.74, 6) is 0.129. The third-order valence-electron chi connectivity index (χ3n) is 4.12. The summed E-state index contributed by atoms with van der Waals surface area (Å²) < 4.78 is 0. The van der Waals surface area contributed by atoms with Gasteiger partial charge >= 0.3 is 5.97 Å². The van der Waals surface area contributed by atoms with Gasteiger partial charge in [-0.25, -0.2) is 0 Å². The average molecular weight is 231 g/mol. The summed E-state index contributed by atoms with van der Waals surface area (Å²) in [6.45, 7) is 0.575. The van der Waals surface area contributed by atoms with Crippen molar-refractivity contribution in [1.29, 1.82) is 0 Å². The van der Waals surface area contributed by atoms with Crippen molar-refractivity contribution in [2.45, 2.75) is 19.3 Å². The lowest BCUT2D eigenvalue weighted by molar-refractivity contribution is -0.142. The van der Waals surface area contributed by atoms with Crippen LogP contribution in [0.3, 0.4) is 0 Å². The Bertz CT molecular complexity index is 434. The molecule has 3 nitrogen and oxygen atoms in total. The largest absolute Gasteiger partial charge is 0.481 e. The molecule has 1 fully saturated rings. The third-order valence-corrected chi connectivity index (χ3v) is 4.12. The molecule has 0 radical (unpaired) electrons. The predicted octanol–water partition coefficient (Wildman–Crippen LogP) is 2.09. The summed E-state index contributed by atoms with van der Waals surface area (Å²) in [6, 6.07) is 0. The van der Waals surface area contributed by atoms with Gasteiger partial charge in [0.2, 0.25) is 0 Å². The van der Waals surface area contributed by atoms with Crippen molar-refractivity contribution in [3.63, 3.8) is 0 Å². The highest BCUT2D eigenvalue weighted by Crippen LogP contribution is 2.40. The van der Waals surface area contributed by atoms with Gasteiger partial charge in [0.25, 0.3) is 0 Å². The number of hydrogen-bond donors (Lipinski definition) is 2. The number of rotatable bonds is 1. The van der Waals surface area contributed by atoms with Crippen LogP contribution < -0.4 is 5.32 Å². The first-order chi connectivity index (χ1) is 8.24. The van der Waals surface area contributed by atoms with E-state index in [0.717, 1.165) is 19.3 Å². The molecule has 0 aromatic carbocycles. The third kappa shape index (κ3) is 1.90. The zero-order valence-corrected chi connectivity index (χ0v) is 9.73. The molecule has 2 aliphatic carbocycles. The van der Waals surface area contributed by atoms with Crippen LogP contribution in [0.5, 0.6) is 0 Å². The maximum Gasteiger partial charge on any atom is 0.308 e. The Hall–Kier alpha value is -1.51. The molecule has 3 heteroatoms. The second-order valence-electron chi connectivity index (χ2n) is 5.21. The van der Waals surface area contributed by atoms with Crippen molar-refractivity contribution < 1.29 is 9.90 Å². The van der Waals surface area contributed by atoms with Gasteiger partial charge in [0.05, 0.1) is 5.92 Å². The molecule has 0 bridgehead atoms. The molecule has 3 unspecified atom stereocenters. The summed E-state index contributed by atoms with van der Waals surface area (Å²) >= 11 is 0. The fourth-order valence-corrected chi connectivity index (χ4v) is 3.13. The summed E-state index contributed by atoms with van der Waals surface area (Å²) in [7, 11) is 0. The molecule has 0 spiro atoms. The predicted molar refractivity (Wildman–Crippen MR) is 65.3 cm³/mol. The van der Waals surface area contributed by atoms with Gasteiger partial charge in [-0.15, -0.1) is 0 Å². The van der Waals surface area contributed by atoms with Crippen LogP contribution in [-0.4, -0.2) is 17.6 Å². The van der Waals surface area contributed by atoms with Crippen LogP contribution in [0, 0.1) is 17.8 Å². The second kappa shape index (κ2) is 4.06. The Balaban J connectivity index is 1.82. The number of fused-ring (bicyclic) bond motifs is 2. The topological polar surface area (TPSA) is 49.3 Å². The molecule has 2 N–H and O–H groups in total. The number of carbonyl (C=O) groups is 1. The SMILES string of the molecule is O=C(O)C1CNC2=CC3=CC=CCC3CC2C1. The Kier molecular flexibility index (Phi) is 2.54. The molecule has 0 aromatic rings. The zero-order valence-electron chi connectivity index (χ0n) is 9.73. The highest BCUT2D eigenvalue weighted by Gasteiger charge is 2.34. The van der Waals surface area contributed by atoms with E-state index >= 15 is 0 Å². The summed E-state index contributed by atoms with van der Waals surface area (Å²) in [5, 5.41) is 12.4. The quantitative estimate of drug-likeness (QED) is 0.726. The van der Waals surface area contributed by atoms with Crippen molar-refractivity contribution >= 4 is 5.97 Å². The van der Waals surface area contributed by atoms with Crippen molar-refractivity contribution in [1.82, 2.24) is 5.32 Å². The van der Waals surface area contributed by atoms with Gasteiger partial charge in [0, 0.05) is 18.2 Å². The lowest BCUT2D eigenvalue weighted by Gasteiger charge is -2.38. The number of carboxylic acid groups (broad SMARTS) is 1. The van der Waals surface area contributed by atoms with Crippen LogP contribution in [-0.2, 0) is 4.79 Å². The Morgan fingerprint density at radius 2 is 2.24 bits per heavy atom. The molecular formula is C14H17NO2. The van der Waals surface area contributed by atoms with E-state index in [1.165, 1.54) is 11.3 Å². The highest BCUT2D eigenvalue weighted by atomic mass is 16.4. The van der Waals surface area contributed by atoms with E-state index in [-0.39, 0.29) is 5.92 Å². The first-order valence-electron chi connectivity index (χ1n) is 6.29. The Morgan fingerprint density at radius 1 is 1.35 bits per heavy atom. The molecule has 1 aliphatic heterocycles. The van der Waals surface area contributed by atoms with E-state index in [0.29, 0.717) is 18.4 Å². The minimum absolute atomic E-state index is 0.221. The van der Waals surface area contributed by atoms with Gasteiger partial charge < -0.3 is 10.4 Å². The van der Waals surface area contributed by atoms with Crippen LogP contribution in [0.4, 0.5) is 0 Å². The molecule has 3 rings (SSSR count). The summed E-state index contributed by atoms with van der Waals surface area (Å²) in [6.07, 6.45) is 11.7. The fourth-order valence-electron chi connectivity index (χ4n) is 3.13. The first kappa shape index (κ1) is 10.6. The monoisotopic (exact) mass is 231 g/mol. The van der Waals surface area contributed by atoms with Gasteiger partial charge in [-0.3, -0.25) is 4.79 Å². The van der Waals surface area contributed by atoms with Crippen LogP contribution in [0.1, 0.15) is 19.3 Å². The van der Waals surface area contributed by atoms with Gasteiger partial charge in [-0.2, -0.15) is 0 Å². The van der Waals surface area contributed by atoms with Crippen LogP contribution in [0.2, 0.25) is 0 Å². The minimum atomic E-state index is -0.665. The molecule has 0 amide bonds. The number of aliphatic carboxylic acids is 1. The van der Waals surface area contributed by atoms with E-state index in [2.05, 4.69) is 29.6 Å². The lowest BCUT2D eigenvalue weighted by atomic mass is 9.73. The average Bonchev–Trinajstić information content (AvgIpc) is 2.35. The van der Waals surface area contributed by atoms with E-state index in [9.17, 15) is 4.79 Å². The lowest BCUT2D eigenvalue weighted by Crippen LogP contribution is -2.40. The van der Waals surface area contributed by atoms with Crippen molar-refractivity contribution in [2.75, 3.05) is 6.54 Å². The van der Waals surface area contributed by atoms with Crippen molar-refractivity contribution in [3.05, 3.63) is 35.6 Å². The smallest absolute Gasteiger partial charge is 0.308 e. The van der Waals surface area contributed by atoms with Crippen LogP contribution in [0.25, 0.3) is 0 Å². The second-order valence-corrected chi connectivity index (χ2v) is 5.21. The molecule has 17 heavy (non-hydrogen) atoms. The number of nitrogens with one attached hydrogen (secondary N) is 1. The van der Waals surface area contributed by atoms with E-state index in [1.54, 1.807) is 0 Å². The Labute approximate surface area is 101 Å². The highest BCUT2D eigenvalue weighted by molar-refractivity contribution is 5.70. The maximum atomic E-state index is 11.0. The van der Waals surface area contributed by atoms with Gasteiger partial charge in [-0.05, 0) is 36.8 Å². The van der Waals surface area contributed by atoms with Gasteiger partial charge in [-0.1, -0.05) is 18.2 Å². The van der Waals surface area contributed by atoms with Gasteiger partial charge in [0.1, 0.15) is 0 Å². The van der Waals surface area contributed by atoms with E-state index in [1.807, 2.05) is 0 Å². The molecule has 1 heterocycles. The summed E-state index contributed by atoms with van der Waals surface area (Å²) in [4.78, 5) is 11.0. The van der Waals surface area contributed by atoms with Crippen LogP contribution in [0.15, 0.2) is 35.6 Å². The minimum Gasteiger partial charge on any atom is -0.481 e. The molecule has 0 saturated carbocycles. The zero-order chi connectivity index (χ0) is 11.8. The Morgan fingerprint density at radius 3 is 3.06 bits per heavy atom. The number of allylic oxidation sites excluding steroid dienone is 6. The number of hydrogen-bond acceptors (Lipinski definition) is 2. The van der Waals surface area contributed by atoms with Crippen LogP contribution >= 0.6 is 0 Å². The molecule has 1 saturated heterocycles. The van der Waals surface area contributed by atoms with Crippen molar-refractivity contribution in [2.24, 2.45) is 17.8 Å². The number of piperidine rings is 1. The van der Waals surface area contributed by atoms with Crippen molar-refractivity contribution in [3.8, 4) is 0 Å². The molecule has 0 aromatic heterocycles. The molecule has 90 valence electrons. The standard InChI is InChI=1S/C14H17NO2/c16-14(17)12-6-11-5-9-3-1-2-4-10(9)7-13(11)15-8-12/h1-2,4,7,9,11-12,15H,3,5-6,8H2,(H,16,17). The first-order valence-corrected chi connectivity index (χ1v) is 6.29. The van der Waals surface area contributed by atoms with E-state index in [4.69, 9.17) is 5.11 Å². The molecule has 3 aliphatic rings. The maximum absolute atomic E-state index is 11.0. The molecule has 3 atom stereocenters. The van der Waals surface area contributed by atoms with Gasteiger partial charge in [0.15, 0.2) is 0 Å². The molecular weight excluding hydrogens is 214 g/mol. The normalized spacial score (nSPS) is 34.9. The summed E-state index contributed by atoms with van der Waals surface area (Å²) in [5.41, 5.74) is 2.65. The fraction of sp³-hybridized carbons (Fsp3) is 0.500.